The molecule has 0 radical (unpaired) electrons. The van der Waals surface area contributed by atoms with Crippen LogP contribution >= 0.6 is 0 Å². The first-order chi connectivity index (χ1) is 17.5. The summed E-state index contributed by atoms with van der Waals surface area (Å²) in [6.07, 6.45) is 2.22. The van der Waals surface area contributed by atoms with Crippen molar-refractivity contribution in [3.63, 3.8) is 0 Å². The highest BCUT2D eigenvalue weighted by atomic mass is 19.1. The SMILES string of the molecule is C[C@H](F)Oc1ccc(C(=O)Nc2cc3cc(-c4cnn(C)c4CN4CCOCC4)ccc3cn2)cc1. The average molecular weight is 490 g/mol. The molecule has 0 bridgehead atoms. The van der Waals surface area contributed by atoms with Crippen molar-refractivity contribution in [2.75, 3.05) is 31.6 Å². The number of morpholine rings is 1. The topological polar surface area (TPSA) is 81.5 Å². The molecule has 9 heteroatoms. The Morgan fingerprint density at radius 2 is 1.89 bits per heavy atom. The molecule has 1 saturated heterocycles. The van der Waals surface area contributed by atoms with E-state index in [0.717, 1.165) is 60.4 Å². The van der Waals surface area contributed by atoms with Gasteiger partial charge in [-0.05, 0) is 47.3 Å². The van der Waals surface area contributed by atoms with Crippen molar-refractivity contribution in [3.05, 3.63) is 72.2 Å². The van der Waals surface area contributed by atoms with Crippen molar-refractivity contribution in [2.45, 2.75) is 19.8 Å². The Hall–Kier alpha value is -3.82. The third kappa shape index (κ3) is 5.37. The fourth-order valence-corrected chi connectivity index (χ4v) is 4.30. The Kier molecular flexibility index (Phi) is 6.92. The number of carbonyl (C=O) groups excluding carboxylic acids is 1. The third-order valence-corrected chi connectivity index (χ3v) is 6.23. The summed E-state index contributed by atoms with van der Waals surface area (Å²) >= 11 is 0. The molecule has 3 heterocycles. The van der Waals surface area contributed by atoms with Gasteiger partial charge in [0.05, 0.1) is 25.1 Å². The minimum Gasteiger partial charge on any atom is -0.461 e. The highest BCUT2D eigenvalue weighted by Gasteiger charge is 2.17. The smallest absolute Gasteiger partial charge is 0.256 e. The number of alkyl halides is 1. The maximum atomic E-state index is 13.0. The maximum absolute atomic E-state index is 13.0. The number of hydrogen-bond acceptors (Lipinski definition) is 6. The van der Waals surface area contributed by atoms with Gasteiger partial charge in [0.15, 0.2) is 0 Å². The van der Waals surface area contributed by atoms with E-state index < -0.39 is 6.36 Å². The molecule has 0 unspecified atom stereocenters. The molecule has 0 saturated carbocycles. The van der Waals surface area contributed by atoms with Crippen LogP contribution in [0, 0.1) is 0 Å². The number of fused-ring (bicyclic) bond motifs is 1. The quantitative estimate of drug-likeness (QED) is 0.414. The van der Waals surface area contributed by atoms with Crippen molar-refractivity contribution in [2.24, 2.45) is 7.05 Å². The number of ether oxygens (including phenoxy) is 2. The molecule has 5 rings (SSSR count). The van der Waals surface area contributed by atoms with Crippen LogP contribution in [0.15, 0.2) is 60.9 Å². The molecular weight excluding hydrogens is 461 g/mol. The van der Waals surface area contributed by atoms with Gasteiger partial charge >= 0.3 is 0 Å². The molecule has 0 spiro atoms. The molecular formula is C27H28FN5O3. The number of nitrogens with one attached hydrogen (secondary N) is 1. The van der Waals surface area contributed by atoms with Crippen LogP contribution in [0.2, 0.25) is 0 Å². The van der Waals surface area contributed by atoms with Crippen molar-refractivity contribution in [3.8, 4) is 16.9 Å². The van der Waals surface area contributed by atoms with E-state index in [4.69, 9.17) is 9.47 Å². The summed E-state index contributed by atoms with van der Waals surface area (Å²) in [7, 11) is 1.97. The van der Waals surface area contributed by atoms with E-state index in [1.165, 1.54) is 6.92 Å². The lowest BCUT2D eigenvalue weighted by atomic mass is 10.0. The number of hydrogen-bond donors (Lipinski definition) is 1. The fourth-order valence-electron chi connectivity index (χ4n) is 4.30. The van der Waals surface area contributed by atoms with Gasteiger partial charge in [-0.2, -0.15) is 5.10 Å². The Morgan fingerprint density at radius 3 is 2.64 bits per heavy atom. The molecule has 1 aliphatic heterocycles. The predicted octanol–water partition coefficient (Wildman–Crippen LogP) is 4.41. The minimum absolute atomic E-state index is 0.307. The number of aromatic nitrogens is 3. The highest BCUT2D eigenvalue weighted by molar-refractivity contribution is 6.04. The zero-order valence-corrected chi connectivity index (χ0v) is 20.3. The van der Waals surface area contributed by atoms with E-state index in [0.29, 0.717) is 17.1 Å². The van der Waals surface area contributed by atoms with Crippen molar-refractivity contribution in [1.29, 1.82) is 0 Å². The zero-order valence-electron chi connectivity index (χ0n) is 20.3. The second-order valence-corrected chi connectivity index (χ2v) is 8.79. The largest absolute Gasteiger partial charge is 0.461 e. The van der Waals surface area contributed by atoms with Crippen LogP contribution in [0.25, 0.3) is 21.9 Å². The molecule has 4 aromatic rings. The first-order valence-corrected chi connectivity index (χ1v) is 11.9. The first kappa shape index (κ1) is 23.9. The summed E-state index contributed by atoms with van der Waals surface area (Å²) in [4.78, 5) is 19.5. The van der Waals surface area contributed by atoms with E-state index >= 15 is 0 Å². The van der Waals surface area contributed by atoms with Crippen molar-refractivity contribution in [1.82, 2.24) is 19.7 Å². The number of anilines is 1. The molecule has 186 valence electrons. The van der Waals surface area contributed by atoms with E-state index in [-0.39, 0.29) is 5.91 Å². The number of halogens is 1. The summed E-state index contributed by atoms with van der Waals surface area (Å²) in [6, 6.07) is 14.4. The lowest BCUT2D eigenvalue weighted by molar-refractivity contribution is 0.0332. The first-order valence-electron chi connectivity index (χ1n) is 11.9. The zero-order chi connectivity index (χ0) is 25.1. The summed E-state index contributed by atoms with van der Waals surface area (Å²) in [6.45, 7) is 5.41. The number of benzene rings is 2. The summed E-state index contributed by atoms with van der Waals surface area (Å²) in [5, 5.41) is 9.28. The maximum Gasteiger partial charge on any atom is 0.256 e. The van der Waals surface area contributed by atoms with Crippen LogP contribution in [0.4, 0.5) is 10.2 Å². The van der Waals surface area contributed by atoms with E-state index in [9.17, 15) is 9.18 Å². The Labute approximate surface area is 208 Å². The lowest BCUT2D eigenvalue weighted by Crippen LogP contribution is -2.36. The van der Waals surface area contributed by atoms with Gasteiger partial charge in [0, 0.05) is 56.3 Å². The molecule has 2 aromatic heterocycles. The normalized spacial score (nSPS) is 15.1. The number of aryl methyl sites for hydroxylation is 1. The van der Waals surface area contributed by atoms with Crippen LogP contribution in [0.3, 0.4) is 0 Å². The summed E-state index contributed by atoms with van der Waals surface area (Å²) < 4.78 is 25.4. The molecule has 1 atom stereocenters. The second kappa shape index (κ2) is 10.4. The van der Waals surface area contributed by atoms with E-state index in [2.05, 4.69) is 32.4 Å². The van der Waals surface area contributed by atoms with Gasteiger partial charge in [0.2, 0.25) is 6.36 Å². The lowest BCUT2D eigenvalue weighted by Gasteiger charge is -2.27. The second-order valence-electron chi connectivity index (χ2n) is 8.79. The Bertz CT molecular complexity index is 1360. The number of pyridine rings is 1. The number of nitrogens with zero attached hydrogens (tertiary/aromatic N) is 4. The number of rotatable bonds is 7. The Balaban J connectivity index is 1.36. The molecule has 1 fully saturated rings. The van der Waals surface area contributed by atoms with Crippen LogP contribution in [-0.4, -0.2) is 58.2 Å². The molecule has 1 N–H and O–H groups in total. The van der Waals surface area contributed by atoms with Gasteiger partial charge in [-0.25, -0.2) is 9.37 Å². The standard InChI is InChI=1S/C27H28FN5O3/c1-18(28)36-23-7-5-19(6-8-23)27(34)31-26-14-22-13-20(3-4-21(22)15-29-26)24-16-30-32(2)25(24)17-33-9-11-35-12-10-33/h3-8,13-16,18H,9-12,17H2,1-2H3,(H,29,31,34)/t18-/m1/s1. The van der Waals surface area contributed by atoms with Crippen LogP contribution < -0.4 is 10.1 Å². The van der Waals surface area contributed by atoms with Crippen molar-refractivity contribution >= 4 is 22.5 Å². The number of carbonyl (C=O) groups is 1. The number of amides is 1. The van der Waals surface area contributed by atoms with Crippen molar-refractivity contribution < 1.29 is 18.7 Å². The molecule has 2 aromatic carbocycles. The molecule has 8 nitrogen and oxygen atoms in total. The van der Waals surface area contributed by atoms with Gasteiger partial charge in [0.25, 0.3) is 5.91 Å². The van der Waals surface area contributed by atoms with Crippen LogP contribution in [0.1, 0.15) is 23.0 Å². The minimum atomic E-state index is -1.42. The van der Waals surface area contributed by atoms with Gasteiger partial charge < -0.3 is 14.8 Å². The third-order valence-electron chi connectivity index (χ3n) is 6.23. The molecule has 36 heavy (non-hydrogen) atoms. The molecule has 1 amide bonds. The van der Waals surface area contributed by atoms with Crippen LogP contribution in [0.5, 0.6) is 5.75 Å². The van der Waals surface area contributed by atoms with Gasteiger partial charge in [-0.3, -0.25) is 14.4 Å². The fraction of sp³-hybridized carbons (Fsp3) is 0.296. The molecule has 1 aliphatic rings. The van der Waals surface area contributed by atoms with Crippen LogP contribution in [-0.2, 0) is 18.3 Å². The van der Waals surface area contributed by atoms with Gasteiger partial charge in [-0.1, -0.05) is 12.1 Å². The average Bonchev–Trinajstić information content (AvgIpc) is 3.24. The highest BCUT2D eigenvalue weighted by Crippen LogP contribution is 2.29. The Morgan fingerprint density at radius 1 is 1.11 bits per heavy atom. The molecule has 0 aliphatic carbocycles. The van der Waals surface area contributed by atoms with Gasteiger partial charge in [-0.15, -0.1) is 0 Å². The van der Waals surface area contributed by atoms with E-state index in [1.807, 2.05) is 30.1 Å². The summed E-state index contributed by atoms with van der Waals surface area (Å²) in [5.74, 6) is 0.501. The van der Waals surface area contributed by atoms with E-state index in [1.54, 1.807) is 30.5 Å². The summed E-state index contributed by atoms with van der Waals surface area (Å²) in [5.41, 5.74) is 3.71. The predicted molar refractivity (Wildman–Crippen MR) is 136 cm³/mol. The monoisotopic (exact) mass is 489 g/mol. The van der Waals surface area contributed by atoms with Gasteiger partial charge in [0.1, 0.15) is 11.6 Å².